The molecule has 0 radical (unpaired) electrons. The highest BCUT2D eigenvalue weighted by Crippen LogP contribution is 2.16. The molecule has 3 N–H and O–H groups in total. The maximum absolute atomic E-state index is 11.9. The first-order chi connectivity index (χ1) is 8.93. The Hall–Kier alpha value is -1.30. The van der Waals surface area contributed by atoms with Gasteiger partial charge in [-0.15, -0.1) is 0 Å². The molecule has 1 aliphatic heterocycles. The number of carbonyl (C=O) groups is 2. The number of carbonyl (C=O) groups excluding carboxylic acids is 1. The molecule has 0 aromatic rings. The lowest BCUT2D eigenvalue weighted by Crippen LogP contribution is -2.49. The number of hydrogen-bond donors (Lipinski definition) is 3. The number of aliphatic hydroxyl groups excluding tert-OH is 1. The van der Waals surface area contributed by atoms with Crippen molar-refractivity contribution >= 4 is 12.0 Å². The van der Waals surface area contributed by atoms with E-state index >= 15 is 0 Å². The fraction of sp³-hybridized carbons (Fsp3) is 0.846. The van der Waals surface area contributed by atoms with Crippen molar-refractivity contribution in [1.29, 1.82) is 0 Å². The Morgan fingerprint density at radius 1 is 1.47 bits per heavy atom. The lowest BCUT2D eigenvalue weighted by Gasteiger charge is -2.34. The maximum atomic E-state index is 11.9. The summed E-state index contributed by atoms with van der Waals surface area (Å²) in [6, 6.07) is -0.164. The molecular weight excluding hydrogens is 248 g/mol. The second-order valence-electron chi connectivity index (χ2n) is 5.34. The minimum absolute atomic E-state index is 0.0331. The first-order valence-electron chi connectivity index (χ1n) is 6.86. The number of carboxylic acids is 1. The Labute approximate surface area is 113 Å². The Bertz CT molecular complexity index is 322. The molecule has 0 aromatic carbocycles. The molecule has 6 heteroatoms. The second kappa shape index (κ2) is 7.33. The van der Waals surface area contributed by atoms with Gasteiger partial charge in [-0.05, 0) is 18.3 Å². The van der Waals surface area contributed by atoms with Crippen molar-refractivity contribution in [1.82, 2.24) is 10.2 Å². The zero-order valence-corrected chi connectivity index (χ0v) is 11.6. The van der Waals surface area contributed by atoms with Gasteiger partial charge in [0, 0.05) is 26.1 Å². The van der Waals surface area contributed by atoms with Gasteiger partial charge in [0.25, 0.3) is 0 Å². The van der Waals surface area contributed by atoms with Gasteiger partial charge in [-0.3, -0.25) is 4.79 Å². The van der Waals surface area contributed by atoms with Gasteiger partial charge in [-0.25, -0.2) is 4.79 Å². The number of amides is 2. The van der Waals surface area contributed by atoms with E-state index in [0.29, 0.717) is 26.1 Å². The van der Waals surface area contributed by atoms with E-state index in [-0.39, 0.29) is 30.4 Å². The third kappa shape index (κ3) is 5.06. The van der Waals surface area contributed by atoms with Crippen LogP contribution in [0.5, 0.6) is 0 Å². The van der Waals surface area contributed by atoms with Gasteiger partial charge in [-0.1, -0.05) is 20.3 Å². The van der Waals surface area contributed by atoms with Crippen LogP contribution in [0.4, 0.5) is 4.79 Å². The molecule has 0 aliphatic carbocycles. The van der Waals surface area contributed by atoms with Crippen LogP contribution in [0.3, 0.4) is 0 Å². The standard InChI is InChI=1S/C13H24N2O4/c1-3-10(6-12(17)18)7-14-13(19)15-5-4-11(16)9(2)8-15/h9-11,16H,3-8H2,1-2H3,(H,14,19)(H,17,18). The summed E-state index contributed by atoms with van der Waals surface area (Å²) in [7, 11) is 0. The number of urea groups is 1. The smallest absolute Gasteiger partial charge is 0.317 e. The summed E-state index contributed by atoms with van der Waals surface area (Å²) >= 11 is 0. The molecule has 0 saturated carbocycles. The summed E-state index contributed by atoms with van der Waals surface area (Å²) in [5, 5.41) is 21.1. The van der Waals surface area contributed by atoms with Crippen molar-refractivity contribution in [3.05, 3.63) is 0 Å². The summed E-state index contributed by atoms with van der Waals surface area (Å²) in [6.45, 7) is 5.31. The average molecular weight is 272 g/mol. The summed E-state index contributed by atoms with van der Waals surface area (Å²) in [5.74, 6) is -0.787. The molecule has 1 fully saturated rings. The maximum Gasteiger partial charge on any atom is 0.317 e. The van der Waals surface area contributed by atoms with Gasteiger partial charge in [-0.2, -0.15) is 0 Å². The van der Waals surface area contributed by atoms with Gasteiger partial charge < -0.3 is 20.4 Å². The van der Waals surface area contributed by atoms with E-state index in [1.807, 2.05) is 13.8 Å². The highest BCUT2D eigenvalue weighted by Gasteiger charge is 2.27. The predicted molar refractivity (Wildman–Crippen MR) is 70.8 cm³/mol. The van der Waals surface area contributed by atoms with Crippen molar-refractivity contribution in [2.75, 3.05) is 19.6 Å². The normalized spacial score (nSPS) is 24.9. The molecule has 3 unspecified atom stereocenters. The van der Waals surface area contributed by atoms with E-state index in [2.05, 4.69) is 5.32 Å². The number of rotatable bonds is 5. The van der Waals surface area contributed by atoms with E-state index in [1.54, 1.807) is 4.90 Å². The van der Waals surface area contributed by atoms with Gasteiger partial charge in [0.2, 0.25) is 0 Å². The van der Waals surface area contributed by atoms with Crippen LogP contribution in [0.2, 0.25) is 0 Å². The predicted octanol–water partition coefficient (Wildman–Crippen LogP) is 0.900. The molecule has 1 heterocycles. The molecule has 0 spiro atoms. The Morgan fingerprint density at radius 3 is 2.68 bits per heavy atom. The van der Waals surface area contributed by atoms with Crippen LogP contribution in [-0.4, -0.2) is 52.9 Å². The molecule has 2 amide bonds. The van der Waals surface area contributed by atoms with Gasteiger partial charge >= 0.3 is 12.0 Å². The summed E-state index contributed by atoms with van der Waals surface area (Å²) in [4.78, 5) is 24.3. The van der Waals surface area contributed by atoms with E-state index in [4.69, 9.17) is 5.11 Å². The third-order valence-corrected chi connectivity index (χ3v) is 3.73. The SMILES string of the molecule is CCC(CNC(=O)N1CCC(O)C(C)C1)CC(=O)O. The minimum Gasteiger partial charge on any atom is -0.481 e. The number of likely N-dealkylation sites (tertiary alicyclic amines) is 1. The number of nitrogens with zero attached hydrogens (tertiary/aromatic N) is 1. The highest BCUT2D eigenvalue weighted by atomic mass is 16.4. The second-order valence-corrected chi connectivity index (χ2v) is 5.34. The summed E-state index contributed by atoms with van der Waals surface area (Å²) in [6.07, 6.45) is 1.06. The molecule has 1 rings (SSSR count). The van der Waals surface area contributed by atoms with E-state index in [1.165, 1.54) is 0 Å². The number of piperidine rings is 1. The molecule has 0 aromatic heterocycles. The van der Waals surface area contributed by atoms with Crippen LogP contribution < -0.4 is 5.32 Å². The topological polar surface area (TPSA) is 89.9 Å². The fourth-order valence-corrected chi connectivity index (χ4v) is 2.27. The third-order valence-electron chi connectivity index (χ3n) is 3.73. The van der Waals surface area contributed by atoms with Crippen molar-refractivity contribution in [2.45, 2.75) is 39.2 Å². The number of hydrogen-bond acceptors (Lipinski definition) is 3. The Kier molecular flexibility index (Phi) is 6.08. The zero-order valence-electron chi connectivity index (χ0n) is 11.6. The quantitative estimate of drug-likeness (QED) is 0.693. The van der Waals surface area contributed by atoms with Crippen molar-refractivity contribution in [2.24, 2.45) is 11.8 Å². The average Bonchev–Trinajstić information content (AvgIpc) is 2.36. The molecule has 6 nitrogen and oxygen atoms in total. The number of nitrogens with one attached hydrogen (secondary N) is 1. The number of aliphatic carboxylic acids is 1. The lowest BCUT2D eigenvalue weighted by molar-refractivity contribution is -0.138. The van der Waals surface area contributed by atoms with E-state index < -0.39 is 5.97 Å². The van der Waals surface area contributed by atoms with Crippen LogP contribution in [0.25, 0.3) is 0 Å². The highest BCUT2D eigenvalue weighted by molar-refractivity contribution is 5.74. The van der Waals surface area contributed by atoms with Crippen LogP contribution >= 0.6 is 0 Å². The first-order valence-corrected chi connectivity index (χ1v) is 6.86. The molecule has 3 atom stereocenters. The Morgan fingerprint density at radius 2 is 2.16 bits per heavy atom. The summed E-state index contributed by atoms with van der Waals surface area (Å²) in [5.41, 5.74) is 0. The van der Waals surface area contributed by atoms with E-state index in [9.17, 15) is 14.7 Å². The van der Waals surface area contributed by atoms with Gasteiger partial charge in [0.05, 0.1) is 6.10 Å². The largest absolute Gasteiger partial charge is 0.481 e. The van der Waals surface area contributed by atoms with Crippen LogP contribution in [0.15, 0.2) is 0 Å². The molecular formula is C13H24N2O4. The van der Waals surface area contributed by atoms with Gasteiger partial charge in [0.1, 0.15) is 0 Å². The molecule has 1 aliphatic rings. The first kappa shape index (κ1) is 15.8. The van der Waals surface area contributed by atoms with Crippen LogP contribution in [0.1, 0.15) is 33.1 Å². The fourth-order valence-electron chi connectivity index (χ4n) is 2.27. The van der Waals surface area contributed by atoms with E-state index in [0.717, 1.165) is 6.42 Å². The minimum atomic E-state index is -0.837. The van der Waals surface area contributed by atoms with Crippen LogP contribution in [0, 0.1) is 11.8 Å². The lowest BCUT2D eigenvalue weighted by atomic mass is 9.97. The van der Waals surface area contributed by atoms with Gasteiger partial charge in [0.15, 0.2) is 0 Å². The molecule has 1 saturated heterocycles. The van der Waals surface area contributed by atoms with Crippen molar-refractivity contribution in [3.8, 4) is 0 Å². The monoisotopic (exact) mass is 272 g/mol. The van der Waals surface area contributed by atoms with Crippen LogP contribution in [-0.2, 0) is 4.79 Å². The van der Waals surface area contributed by atoms with Crippen molar-refractivity contribution < 1.29 is 19.8 Å². The van der Waals surface area contributed by atoms with Crippen molar-refractivity contribution in [3.63, 3.8) is 0 Å². The summed E-state index contributed by atoms with van der Waals surface area (Å²) < 4.78 is 0. The molecule has 110 valence electrons. The number of carboxylic acid groups (broad SMARTS) is 1. The molecule has 19 heavy (non-hydrogen) atoms. The number of aliphatic hydroxyl groups is 1. The Balaban J connectivity index is 2.36. The zero-order chi connectivity index (χ0) is 14.4. The molecule has 0 bridgehead atoms.